The van der Waals surface area contributed by atoms with Crippen LogP contribution in [0.3, 0.4) is 0 Å². The van der Waals surface area contributed by atoms with Crippen molar-refractivity contribution < 1.29 is 18.5 Å². The van der Waals surface area contributed by atoms with E-state index in [-0.39, 0.29) is 29.7 Å². The first-order chi connectivity index (χ1) is 9.91. The smallest absolute Gasteiger partial charge is 0.274 e. The fourth-order valence-corrected chi connectivity index (χ4v) is 2.01. The number of furan rings is 1. The van der Waals surface area contributed by atoms with Gasteiger partial charge in [-0.2, -0.15) is 0 Å². The second kappa shape index (κ2) is 6.13. The molecule has 0 fully saturated rings. The lowest BCUT2D eigenvalue weighted by Gasteiger charge is -2.29. The highest BCUT2D eigenvalue weighted by Crippen LogP contribution is 2.33. The molecule has 0 aromatic carbocycles. The van der Waals surface area contributed by atoms with Crippen LogP contribution in [0.25, 0.3) is 0 Å². The van der Waals surface area contributed by atoms with Crippen LogP contribution in [-0.4, -0.2) is 18.2 Å². The van der Waals surface area contributed by atoms with Crippen molar-refractivity contribution >= 4 is 5.91 Å². The number of carbonyl (C=O) groups excluding carboxylic acids is 1. The molecule has 2 aromatic heterocycles. The summed E-state index contributed by atoms with van der Waals surface area (Å²) in [5.74, 6) is 0.904. The van der Waals surface area contributed by atoms with Crippen molar-refractivity contribution in [2.24, 2.45) is 5.41 Å². The van der Waals surface area contributed by atoms with E-state index in [0.717, 1.165) is 0 Å². The Hall–Kier alpha value is -2.08. The number of rotatable bonds is 5. The van der Waals surface area contributed by atoms with Crippen molar-refractivity contribution in [2.75, 3.05) is 7.11 Å². The minimum Gasteiger partial charge on any atom is -0.467 e. The van der Waals surface area contributed by atoms with E-state index in [1.807, 2.05) is 26.8 Å². The van der Waals surface area contributed by atoms with Crippen LogP contribution < -0.4 is 5.32 Å². The Morgan fingerprint density at radius 1 is 1.48 bits per heavy atom. The molecule has 0 spiro atoms. The van der Waals surface area contributed by atoms with E-state index < -0.39 is 0 Å². The van der Waals surface area contributed by atoms with Crippen LogP contribution >= 0.6 is 0 Å². The number of hydrogen-bond donors (Lipinski definition) is 1. The molecular formula is C15H20N2O4. The molecular weight excluding hydrogens is 272 g/mol. The SMILES string of the molecule is COCc1cc(C(=O)N[C@H](c2ccco2)C(C)(C)C)no1. The molecule has 0 bridgehead atoms. The zero-order valence-electron chi connectivity index (χ0n) is 12.7. The molecule has 0 aliphatic rings. The fraction of sp³-hybridized carbons (Fsp3) is 0.467. The van der Waals surface area contributed by atoms with Crippen LogP contribution in [-0.2, 0) is 11.3 Å². The molecule has 0 saturated carbocycles. The summed E-state index contributed by atoms with van der Waals surface area (Å²) in [6.45, 7) is 6.36. The second-order valence-corrected chi connectivity index (χ2v) is 5.90. The van der Waals surface area contributed by atoms with Gasteiger partial charge >= 0.3 is 0 Å². The average molecular weight is 292 g/mol. The second-order valence-electron chi connectivity index (χ2n) is 5.90. The number of amides is 1. The van der Waals surface area contributed by atoms with Crippen molar-refractivity contribution in [1.29, 1.82) is 0 Å². The molecule has 6 heteroatoms. The Labute approximate surface area is 123 Å². The number of aromatic nitrogens is 1. The predicted molar refractivity (Wildman–Crippen MR) is 75.6 cm³/mol. The number of carbonyl (C=O) groups is 1. The Kier molecular flexibility index (Phi) is 4.47. The summed E-state index contributed by atoms with van der Waals surface area (Å²) in [6, 6.07) is 4.95. The van der Waals surface area contributed by atoms with Gasteiger partial charge in [-0.05, 0) is 17.5 Å². The van der Waals surface area contributed by atoms with Crippen LogP contribution in [0, 0.1) is 5.41 Å². The van der Waals surface area contributed by atoms with E-state index in [1.54, 1.807) is 25.5 Å². The van der Waals surface area contributed by atoms with Gasteiger partial charge < -0.3 is 19.0 Å². The van der Waals surface area contributed by atoms with E-state index in [9.17, 15) is 4.79 Å². The molecule has 1 amide bonds. The molecule has 1 atom stereocenters. The first-order valence-electron chi connectivity index (χ1n) is 6.70. The minimum atomic E-state index is -0.308. The Balaban J connectivity index is 2.14. The van der Waals surface area contributed by atoms with E-state index in [1.165, 1.54) is 0 Å². The molecule has 0 unspecified atom stereocenters. The molecule has 0 radical (unpaired) electrons. The molecule has 1 N–H and O–H groups in total. The van der Waals surface area contributed by atoms with Gasteiger partial charge in [-0.3, -0.25) is 4.79 Å². The lowest BCUT2D eigenvalue weighted by atomic mass is 9.85. The molecule has 0 saturated heterocycles. The normalized spacial score (nSPS) is 13.1. The number of nitrogens with zero attached hydrogens (tertiary/aromatic N) is 1. The molecule has 2 aromatic rings. The molecule has 114 valence electrons. The highest BCUT2D eigenvalue weighted by molar-refractivity contribution is 5.92. The fourth-order valence-electron chi connectivity index (χ4n) is 2.01. The van der Waals surface area contributed by atoms with Gasteiger partial charge in [0.2, 0.25) is 0 Å². The minimum absolute atomic E-state index is 0.202. The van der Waals surface area contributed by atoms with Crippen LogP contribution in [0.2, 0.25) is 0 Å². The predicted octanol–water partition coefficient (Wildman–Crippen LogP) is 2.93. The lowest BCUT2D eigenvalue weighted by Crippen LogP contribution is -2.36. The molecule has 0 aliphatic carbocycles. The highest BCUT2D eigenvalue weighted by atomic mass is 16.5. The number of nitrogens with one attached hydrogen (secondary N) is 1. The van der Waals surface area contributed by atoms with Gasteiger partial charge in [-0.15, -0.1) is 0 Å². The third-order valence-corrected chi connectivity index (χ3v) is 3.05. The van der Waals surface area contributed by atoms with Crippen molar-refractivity contribution in [1.82, 2.24) is 10.5 Å². The maximum atomic E-state index is 12.3. The summed E-state index contributed by atoms with van der Waals surface area (Å²) in [5, 5.41) is 6.69. The monoisotopic (exact) mass is 292 g/mol. The largest absolute Gasteiger partial charge is 0.467 e. The van der Waals surface area contributed by atoms with Gasteiger partial charge in [-0.25, -0.2) is 0 Å². The highest BCUT2D eigenvalue weighted by Gasteiger charge is 2.31. The molecule has 21 heavy (non-hydrogen) atoms. The maximum absolute atomic E-state index is 12.3. The van der Waals surface area contributed by atoms with Gasteiger partial charge in [0.05, 0.1) is 12.3 Å². The Morgan fingerprint density at radius 2 is 2.24 bits per heavy atom. The van der Waals surface area contributed by atoms with Crippen LogP contribution in [0.5, 0.6) is 0 Å². The summed E-state index contributed by atoms with van der Waals surface area (Å²) in [4.78, 5) is 12.3. The maximum Gasteiger partial charge on any atom is 0.274 e. The quantitative estimate of drug-likeness (QED) is 0.916. The molecule has 6 nitrogen and oxygen atoms in total. The van der Waals surface area contributed by atoms with Crippen LogP contribution in [0.15, 0.2) is 33.4 Å². The summed E-state index contributed by atoms with van der Waals surface area (Å²) in [6.07, 6.45) is 1.59. The first-order valence-corrected chi connectivity index (χ1v) is 6.70. The van der Waals surface area contributed by atoms with E-state index >= 15 is 0 Å². The lowest BCUT2D eigenvalue weighted by molar-refractivity contribution is 0.0879. The van der Waals surface area contributed by atoms with Crippen LogP contribution in [0.1, 0.15) is 48.8 Å². The number of hydrogen-bond acceptors (Lipinski definition) is 5. The van der Waals surface area contributed by atoms with Crippen LogP contribution in [0.4, 0.5) is 0 Å². The van der Waals surface area contributed by atoms with E-state index in [0.29, 0.717) is 11.5 Å². The standard InChI is InChI=1S/C15H20N2O4/c1-15(2,3)13(12-6-5-7-20-12)16-14(18)11-8-10(9-19-4)21-17-11/h5-8,13H,9H2,1-4H3,(H,16,18)/t13-/m1/s1. The third kappa shape index (κ3) is 3.72. The number of ether oxygens (including phenoxy) is 1. The zero-order chi connectivity index (χ0) is 15.5. The molecule has 0 aliphatic heterocycles. The van der Waals surface area contributed by atoms with Crippen molar-refractivity contribution in [3.63, 3.8) is 0 Å². The van der Waals surface area contributed by atoms with Gasteiger partial charge in [0.1, 0.15) is 12.4 Å². The zero-order valence-corrected chi connectivity index (χ0v) is 12.7. The topological polar surface area (TPSA) is 77.5 Å². The van der Waals surface area contributed by atoms with Gasteiger partial charge in [0.25, 0.3) is 5.91 Å². The molecule has 2 rings (SSSR count). The average Bonchev–Trinajstić information content (AvgIpc) is 3.05. The Bertz CT molecular complexity index is 581. The van der Waals surface area contributed by atoms with Gasteiger partial charge in [0.15, 0.2) is 11.5 Å². The van der Waals surface area contributed by atoms with E-state index in [2.05, 4.69) is 10.5 Å². The van der Waals surface area contributed by atoms with Crippen molar-refractivity contribution in [3.8, 4) is 0 Å². The van der Waals surface area contributed by atoms with Gasteiger partial charge in [-0.1, -0.05) is 25.9 Å². The number of methoxy groups -OCH3 is 1. The third-order valence-electron chi connectivity index (χ3n) is 3.05. The Morgan fingerprint density at radius 3 is 2.81 bits per heavy atom. The van der Waals surface area contributed by atoms with E-state index in [4.69, 9.17) is 13.7 Å². The van der Waals surface area contributed by atoms with Gasteiger partial charge in [0, 0.05) is 13.2 Å². The first kappa shape index (κ1) is 15.3. The summed E-state index contributed by atoms with van der Waals surface area (Å²) in [5.41, 5.74) is 0.0231. The summed E-state index contributed by atoms with van der Waals surface area (Å²) < 4.78 is 15.4. The summed E-state index contributed by atoms with van der Waals surface area (Å²) >= 11 is 0. The van der Waals surface area contributed by atoms with Crippen molar-refractivity contribution in [2.45, 2.75) is 33.4 Å². The molecule has 2 heterocycles. The van der Waals surface area contributed by atoms with Crippen molar-refractivity contribution in [3.05, 3.63) is 41.7 Å². The summed E-state index contributed by atoms with van der Waals surface area (Å²) in [7, 11) is 1.55.